The fraction of sp³-hybridized carbons (Fsp3) is 0.381. The summed E-state index contributed by atoms with van der Waals surface area (Å²) in [5.74, 6) is 0.805. The number of thiocarbonyl (C=S) groups is 1. The largest absolute Gasteiger partial charge is 0.454 e. The number of sulfone groups is 1. The van der Waals surface area contributed by atoms with Gasteiger partial charge in [0.25, 0.3) is 0 Å². The number of fused-ring (bicyclic) bond motifs is 1. The average molecular weight is 434 g/mol. The van der Waals surface area contributed by atoms with Gasteiger partial charge in [0.05, 0.1) is 27.2 Å². The Morgan fingerprint density at radius 3 is 2.55 bits per heavy atom. The monoisotopic (exact) mass is 433 g/mol. The van der Waals surface area contributed by atoms with E-state index in [1.54, 1.807) is 30.3 Å². The molecule has 0 aromatic heterocycles. The summed E-state index contributed by atoms with van der Waals surface area (Å²) in [6.07, 6.45) is 0. The van der Waals surface area contributed by atoms with Crippen LogP contribution >= 0.6 is 12.2 Å². The Bertz CT molecular complexity index is 1050. The third-order valence-electron chi connectivity index (χ3n) is 5.70. The van der Waals surface area contributed by atoms with Crippen molar-refractivity contribution in [2.24, 2.45) is 11.1 Å². The van der Waals surface area contributed by atoms with Crippen molar-refractivity contribution < 1.29 is 22.6 Å². The maximum atomic E-state index is 13.6. The fourth-order valence-electron chi connectivity index (χ4n) is 4.12. The molecule has 0 radical (unpaired) electrons. The topological polar surface area (TPSA) is 87.8 Å². The van der Waals surface area contributed by atoms with Crippen LogP contribution in [0, 0.1) is 12.3 Å². The van der Waals surface area contributed by atoms with Crippen molar-refractivity contribution in [2.45, 2.75) is 29.9 Å². The standard InChI is InChI=1S/C21H23NO5S2/c1-3-25-11-21(20(22)28)18(14-6-9-16-17(10-14)27-12-26-16)19(21)29(23,24)15-7-4-13(2)5-8-15/h4-10,18-19H,3,11-12H2,1-2H3,(H2,22,28)/t18-,19-,21+/m0/s1. The van der Waals surface area contributed by atoms with Gasteiger partial charge in [0.15, 0.2) is 21.3 Å². The highest BCUT2D eigenvalue weighted by atomic mass is 32.2. The molecule has 4 rings (SSSR count). The van der Waals surface area contributed by atoms with Crippen LogP contribution in [0.4, 0.5) is 0 Å². The second kappa shape index (κ2) is 7.27. The summed E-state index contributed by atoms with van der Waals surface area (Å²) in [6.45, 7) is 4.50. The number of aryl methyl sites for hydroxylation is 1. The molecule has 0 amide bonds. The maximum Gasteiger partial charge on any atom is 0.231 e. The lowest BCUT2D eigenvalue weighted by Gasteiger charge is -2.17. The highest BCUT2D eigenvalue weighted by Gasteiger charge is 2.73. The molecule has 0 saturated heterocycles. The molecule has 1 aliphatic carbocycles. The normalized spacial score (nSPS) is 25.0. The first-order chi connectivity index (χ1) is 13.8. The zero-order valence-electron chi connectivity index (χ0n) is 16.3. The number of hydrogen-bond donors (Lipinski definition) is 1. The van der Waals surface area contributed by atoms with Crippen molar-refractivity contribution in [3.05, 3.63) is 53.6 Å². The van der Waals surface area contributed by atoms with E-state index >= 15 is 0 Å². The van der Waals surface area contributed by atoms with Crippen LogP contribution in [0.3, 0.4) is 0 Å². The number of hydrogen-bond acceptors (Lipinski definition) is 6. The van der Waals surface area contributed by atoms with Gasteiger partial charge in [0.2, 0.25) is 6.79 Å². The van der Waals surface area contributed by atoms with E-state index in [1.807, 2.05) is 26.0 Å². The molecule has 2 aromatic carbocycles. The van der Waals surface area contributed by atoms with Gasteiger partial charge in [-0.2, -0.15) is 0 Å². The quantitative estimate of drug-likeness (QED) is 0.672. The van der Waals surface area contributed by atoms with Crippen LogP contribution in [0.1, 0.15) is 24.0 Å². The Morgan fingerprint density at radius 2 is 1.90 bits per heavy atom. The summed E-state index contributed by atoms with van der Waals surface area (Å²) < 4.78 is 43.7. The predicted octanol–water partition coefficient (Wildman–Crippen LogP) is 2.97. The maximum absolute atomic E-state index is 13.6. The minimum atomic E-state index is -3.70. The van der Waals surface area contributed by atoms with Crippen molar-refractivity contribution >= 4 is 27.0 Å². The molecule has 0 spiro atoms. The van der Waals surface area contributed by atoms with E-state index in [0.717, 1.165) is 11.1 Å². The van der Waals surface area contributed by atoms with Crippen molar-refractivity contribution in [1.29, 1.82) is 0 Å². The molecule has 154 valence electrons. The van der Waals surface area contributed by atoms with Gasteiger partial charge < -0.3 is 19.9 Å². The Kier molecular flexibility index (Phi) is 5.04. The van der Waals surface area contributed by atoms with E-state index in [0.29, 0.717) is 18.1 Å². The van der Waals surface area contributed by atoms with Crippen molar-refractivity contribution in [1.82, 2.24) is 0 Å². The molecule has 29 heavy (non-hydrogen) atoms. The minimum absolute atomic E-state index is 0.147. The third kappa shape index (κ3) is 3.19. The summed E-state index contributed by atoms with van der Waals surface area (Å²) in [5.41, 5.74) is 6.95. The van der Waals surface area contributed by atoms with Gasteiger partial charge >= 0.3 is 0 Å². The zero-order chi connectivity index (χ0) is 20.8. The summed E-state index contributed by atoms with van der Waals surface area (Å²) in [7, 11) is -3.70. The smallest absolute Gasteiger partial charge is 0.231 e. The van der Waals surface area contributed by atoms with Gasteiger partial charge in [-0.1, -0.05) is 36.0 Å². The van der Waals surface area contributed by atoms with Gasteiger partial charge in [0, 0.05) is 12.5 Å². The van der Waals surface area contributed by atoms with Gasteiger partial charge in [0.1, 0.15) is 0 Å². The predicted molar refractivity (Wildman–Crippen MR) is 113 cm³/mol. The first kappa shape index (κ1) is 20.1. The lowest BCUT2D eigenvalue weighted by atomic mass is 9.99. The van der Waals surface area contributed by atoms with Crippen LogP contribution in [-0.4, -0.2) is 38.7 Å². The van der Waals surface area contributed by atoms with Crippen molar-refractivity contribution in [3.8, 4) is 11.5 Å². The molecule has 3 atom stereocenters. The van der Waals surface area contributed by atoms with Gasteiger partial charge in [-0.25, -0.2) is 8.42 Å². The third-order valence-corrected chi connectivity index (χ3v) is 8.37. The number of nitrogens with two attached hydrogens (primary N) is 1. The summed E-state index contributed by atoms with van der Waals surface area (Å²) in [6, 6.07) is 12.3. The molecule has 0 bridgehead atoms. The van der Waals surface area contributed by atoms with E-state index in [2.05, 4.69) is 0 Å². The molecule has 6 nitrogen and oxygen atoms in total. The molecule has 1 aliphatic heterocycles. The second-order valence-corrected chi connectivity index (χ2v) is 9.92. The molecule has 2 N–H and O–H groups in total. The molecular formula is C21H23NO5S2. The van der Waals surface area contributed by atoms with Gasteiger partial charge in [-0.15, -0.1) is 0 Å². The lowest BCUT2D eigenvalue weighted by Crippen LogP contribution is -2.33. The molecular weight excluding hydrogens is 410 g/mol. The number of rotatable bonds is 7. The van der Waals surface area contributed by atoms with Crippen molar-refractivity contribution in [2.75, 3.05) is 20.0 Å². The fourth-order valence-corrected chi connectivity index (χ4v) is 6.89. The molecule has 1 fully saturated rings. The van der Waals surface area contributed by atoms with E-state index in [1.165, 1.54) is 0 Å². The zero-order valence-corrected chi connectivity index (χ0v) is 17.9. The number of ether oxygens (including phenoxy) is 3. The molecule has 1 heterocycles. The van der Waals surface area contributed by atoms with E-state index < -0.39 is 26.4 Å². The van der Waals surface area contributed by atoms with E-state index in [9.17, 15) is 8.42 Å². The highest BCUT2D eigenvalue weighted by molar-refractivity contribution is 7.92. The first-order valence-electron chi connectivity index (χ1n) is 9.40. The first-order valence-corrected chi connectivity index (χ1v) is 11.4. The minimum Gasteiger partial charge on any atom is -0.454 e. The second-order valence-electron chi connectivity index (χ2n) is 7.41. The van der Waals surface area contributed by atoms with Crippen LogP contribution in [0.2, 0.25) is 0 Å². The van der Waals surface area contributed by atoms with Crippen LogP contribution in [0.15, 0.2) is 47.4 Å². The molecule has 1 saturated carbocycles. The van der Waals surface area contributed by atoms with Crippen LogP contribution < -0.4 is 15.2 Å². The summed E-state index contributed by atoms with van der Waals surface area (Å²) in [4.78, 5) is 0.405. The van der Waals surface area contributed by atoms with Crippen LogP contribution in [-0.2, 0) is 14.6 Å². The molecule has 2 aliphatic rings. The van der Waals surface area contributed by atoms with Gasteiger partial charge in [-0.05, 0) is 43.7 Å². The lowest BCUT2D eigenvalue weighted by molar-refractivity contribution is 0.121. The Morgan fingerprint density at radius 1 is 1.21 bits per heavy atom. The van der Waals surface area contributed by atoms with Crippen LogP contribution in [0.5, 0.6) is 11.5 Å². The molecule has 2 aromatic rings. The molecule has 8 heteroatoms. The van der Waals surface area contributed by atoms with Gasteiger partial charge in [-0.3, -0.25) is 0 Å². The SMILES string of the molecule is CCOC[C@@]1(C(N)=S)[C@@H](c2ccc3c(c2)OCO3)[C@@H]1S(=O)(=O)c1ccc(C)cc1. The van der Waals surface area contributed by atoms with E-state index in [4.69, 9.17) is 32.2 Å². The summed E-state index contributed by atoms with van der Waals surface area (Å²) in [5, 5.41) is -0.804. The van der Waals surface area contributed by atoms with Crippen molar-refractivity contribution in [3.63, 3.8) is 0 Å². The molecule has 0 unspecified atom stereocenters. The summed E-state index contributed by atoms with van der Waals surface area (Å²) >= 11 is 5.38. The Balaban J connectivity index is 1.80. The Labute approximate surface area is 175 Å². The van der Waals surface area contributed by atoms with Crippen LogP contribution in [0.25, 0.3) is 0 Å². The Hall–Kier alpha value is -2.16. The van der Waals surface area contributed by atoms with E-state index in [-0.39, 0.29) is 23.3 Å². The highest BCUT2D eigenvalue weighted by Crippen LogP contribution is 2.65. The average Bonchev–Trinajstić information content (AvgIpc) is 3.18. The number of benzene rings is 2.